The number of nitrogen functional groups attached to an aromatic ring is 1. The van der Waals surface area contributed by atoms with Crippen molar-refractivity contribution in [1.82, 2.24) is 9.55 Å². The second-order valence-electron chi connectivity index (χ2n) is 6.17. The lowest BCUT2D eigenvalue weighted by molar-refractivity contribution is 0.762. The van der Waals surface area contributed by atoms with E-state index in [1.807, 2.05) is 4.57 Å². The molecule has 0 saturated heterocycles. The number of hydrogen-bond donors (Lipinski definition) is 1. The number of imidazole rings is 1. The largest absolute Gasteiger partial charge is 0.383 e. The Kier molecular flexibility index (Phi) is 2.78. The summed E-state index contributed by atoms with van der Waals surface area (Å²) >= 11 is 0. The van der Waals surface area contributed by atoms with Crippen LogP contribution in [0.1, 0.15) is 48.9 Å². The van der Waals surface area contributed by atoms with Gasteiger partial charge in [-0.15, -0.1) is 6.42 Å². The molecule has 2 fully saturated rings. The van der Waals surface area contributed by atoms with E-state index in [2.05, 4.69) is 30.2 Å². The Morgan fingerprint density at radius 1 is 1.24 bits per heavy atom. The average Bonchev–Trinajstić information content (AvgIpc) is 3.39. The van der Waals surface area contributed by atoms with Crippen LogP contribution in [0.15, 0.2) is 24.3 Å². The van der Waals surface area contributed by atoms with Gasteiger partial charge in [-0.1, -0.05) is 24.1 Å². The molecular weight excluding hydrogens is 258 g/mol. The van der Waals surface area contributed by atoms with Crippen molar-refractivity contribution in [3.8, 4) is 23.6 Å². The summed E-state index contributed by atoms with van der Waals surface area (Å²) < 4.78 is 2.01. The number of terminal acetylenes is 1. The molecule has 2 N–H and O–H groups in total. The van der Waals surface area contributed by atoms with Crippen LogP contribution in [0.2, 0.25) is 0 Å². The number of hydrogen-bond acceptors (Lipinski definition) is 2. The molecule has 4 rings (SSSR count). The van der Waals surface area contributed by atoms with Crippen LogP contribution in [0, 0.1) is 12.3 Å². The highest BCUT2D eigenvalue weighted by Crippen LogP contribution is 2.44. The quantitative estimate of drug-likeness (QED) is 0.869. The van der Waals surface area contributed by atoms with Gasteiger partial charge in [0, 0.05) is 11.5 Å². The molecule has 1 aromatic heterocycles. The molecule has 0 amide bonds. The number of nitrogens with zero attached hydrogens (tertiary/aromatic N) is 2. The Balaban J connectivity index is 1.79. The van der Waals surface area contributed by atoms with Crippen LogP contribution in [0.5, 0.6) is 0 Å². The Labute approximate surface area is 125 Å². The van der Waals surface area contributed by atoms with Crippen molar-refractivity contribution in [3.05, 3.63) is 35.7 Å². The summed E-state index contributed by atoms with van der Waals surface area (Å²) in [4.78, 5) is 4.82. The van der Waals surface area contributed by atoms with Crippen LogP contribution in [0.3, 0.4) is 0 Å². The fraction of sp³-hybridized carbons (Fsp3) is 0.389. The van der Waals surface area contributed by atoms with Crippen LogP contribution in [0.4, 0.5) is 5.82 Å². The average molecular weight is 277 g/mol. The Morgan fingerprint density at radius 2 is 2.00 bits per heavy atom. The van der Waals surface area contributed by atoms with Crippen LogP contribution in [-0.4, -0.2) is 9.55 Å². The van der Waals surface area contributed by atoms with Crippen molar-refractivity contribution in [2.75, 3.05) is 5.73 Å². The second-order valence-corrected chi connectivity index (χ2v) is 6.17. The lowest BCUT2D eigenvalue weighted by Gasteiger charge is -2.05. The summed E-state index contributed by atoms with van der Waals surface area (Å²) in [5, 5.41) is 0. The predicted octanol–water partition coefficient (Wildman–Crippen LogP) is 3.52. The molecular formula is C18H19N3. The first kappa shape index (κ1) is 12.5. The molecule has 21 heavy (non-hydrogen) atoms. The van der Waals surface area contributed by atoms with Gasteiger partial charge in [-0.05, 0) is 43.2 Å². The zero-order valence-corrected chi connectivity index (χ0v) is 12.0. The van der Waals surface area contributed by atoms with Gasteiger partial charge in [-0.3, -0.25) is 0 Å². The smallest absolute Gasteiger partial charge is 0.132 e. The van der Waals surface area contributed by atoms with Crippen molar-refractivity contribution in [1.29, 1.82) is 0 Å². The number of benzene rings is 1. The Morgan fingerprint density at radius 3 is 2.67 bits per heavy atom. The van der Waals surface area contributed by atoms with Crippen LogP contribution in [0.25, 0.3) is 11.3 Å². The van der Waals surface area contributed by atoms with Crippen molar-refractivity contribution in [3.63, 3.8) is 0 Å². The van der Waals surface area contributed by atoms with Crippen molar-refractivity contribution in [2.45, 2.75) is 44.1 Å². The van der Waals surface area contributed by atoms with Gasteiger partial charge in [0.05, 0.1) is 6.54 Å². The van der Waals surface area contributed by atoms with Crippen LogP contribution >= 0.6 is 0 Å². The summed E-state index contributed by atoms with van der Waals surface area (Å²) in [6.07, 6.45) is 10.5. The summed E-state index contributed by atoms with van der Waals surface area (Å²) in [5.74, 6) is 5.75. The molecule has 2 aliphatic carbocycles. The lowest BCUT2D eigenvalue weighted by Crippen LogP contribution is -2.05. The van der Waals surface area contributed by atoms with Crippen molar-refractivity contribution in [2.24, 2.45) is 0 Å². The minimum absolute atomic E-state index is 0.507. The van der Waals surface area contributed by atoms with Gasteiger partial charge < -0.3 is 10.3 Å². The van der Waals surface area contributed by atoms with E-state index in [1.165, 1.54) is 31.2 Å². The maximum absolute atomic E-state index is 6.33. The highest BCUT2D eigenvalue weighted by atomic mass is 15.1. The molecule has 0 unspecified atom stereocenters. The van der Waals surface area contributed by atoms with Crippen molar-refractivity contribution >= 4 is 5.82 Å². The summed E-state index contributed by atoms with van der Waals surface area (Å²) in [7, 11) is 0. The van der Waals surface area contributed by atoms with E-state index in [4.69, 9.17) is 17.1 Å². The molecule has 2 aromatic rings. The molecule has 106 valence electrons. The molecule has 3 nitrogen and oxygen atoms in total. The third-order valence-corrected chi connectivity index (χ3v) is 4.44. The number of aromatic nitrogens is 2. The van der Waals surface area contributed by atoms with E-state index in [0.29, 0.717) is 18.3 Å². The van der Waals surface area contributed by atoms with Gasteiger partial charge >= 0.3 is 0 Å². The molecule has 0 aliphatic heterocycles. The SMILES string of the molecule is C#CCn1c(C2CC2)nc(-c2cccc(C3CC3)c2)c1N. The number of nitrogens with two attached hydrogens (primary N) is 1. The van der Waals surface area contributed by atoms with Crippen LogP contribution < -0.4 is 5.73 Å². The minimum atomic E-state index is 0.507. The molecule has 1 aromatic carbocycles. The summed E-state index contributed by atoms with van der Waals surface area (Å²) in [6, 6.07) is 8.66. The Bertz CT molecular complexity index is 727. The standard InChI is InChI=1S/C18H19N3/c1-2-10-21-17(19)16(20-18(21)13-8-9-13)15-5-3-4-14(11-15)12-6-7-12/h1,3-5,11-13H,6-10,19H2. The maximum Gasteiger partial charge on any atom is 0.132 e. The molecule has 1 heterocycles. The van der Waals surface area contributed by atoms with Gasteiger partial charge in [-0.2, -0.15) is 0 Å². The number of anilines is 1. The zero-order chi connectivity index (χ0) is 14.4. The first-order valence-corrected chi connectivity index (χ1v) is 7.67. The summed E-state index contributed by atoms with van der Waals surface area (Å²) in [6.45, 7) is 0.507. The molecule has 3 heteroatoms. The minimum Gasteiger partial charge on any atom is -0.383 e. The monoisotopic (exact) mass is 277 g/mol. The first-order chi connectivity index (χ1) is 10.3. The zero-order valence-electron chi connectivity index (χ0n) is 12.0. The van der Waals surface area contributed by atoms with Crippen molar-refractivity contribution < 1.29 is 0 Å². The van der Waals surface area contributed by atoms with E-state index in [9.17, 15) is 0 Å². The predicted molar refractivity (Wildman–Crippen MR) is 84.9 cm³/mol. The molecule has 0 atom stereocenters. The third kappa shape index (κ3) is 2.21. The van der Waals surface area contributed by atoms with Gasteiger partial charge in [0.1, 0.15) is 17.3 Å². The molecule has 0 bridgehead atoms. The van der Waals surface area contributed by atoms with Gasteiger partial charge in [0.15, 0.2) is 0 Å². The van der Waals surface area contributed by atoms with Crippen LogP contribution in [-0.2, 0) is 6.54 Å². The van der Waals surface area contributed by atoms with E-state index in [0.717, 1.165) is 23.0 Å². The number of rotatable bonds is 4. The third-order valence-electron chi connectivity index (χ3n) is 4.44. The Hall–Kier alpha value is -2.21. The van der Waals surface area contributed by atoms with E-state index in [1.54, 1.807) is 0 Å². The first-order valence-electron chi connectivity index (χ1n) is 7.67. The van der Waals surface area contributed by atoms with Gasteiger partial charge in [0.25, 0.3) is 0 Å². The fourth-order valence-corrected chi connectivity index (χ4v) is 2.96. The lowest BCUT2D eigenvalue weighted by atomic mass is 10.1. The molecule has 0 spiro atoms. The molecule has 2 saturated carbocycles. The van der Waals surface area contributed by atoms with Gasteiger partial charge in [-0.25, -0.2) is 4.98 Å². The maximum atomic E-state index is 6.33. The normalized spacial score (nSPS) is 17.7. The summed E-state index contributed by atoms with van der Waals surface area (Å²) in [5.41, 5.74) is 9.76. The van der Waals surface area contributed by atoms with E-state index >= 15 is 0 Å². The van der Waals surface area contributed by atoms with E-state index in [-0.39, 0.29) is 0 Å². The topological polar surface area (TPSA) is 43.8 Å². The molecule has 2 aliphatic rings. The van der Waals surface area contributed by atoms with E-state index < -0.39 is 0 Å². The highest BCUT2D eigenvalue weighted by Gasteiger charge is 2.31. The fourth-order valence-electron chi connectivity index (χ4n) is 2.96. The second kappa shape index (κ2) is 4.66. The van der Waals surface area contributed by atoms with Gasteiger partial charge in [0.2, 0.25) is 0 Å². The highest BCUT2D eigenvalue weighted by molar-refractivity contribution is 5.72. The molecule has 0 radical (unpaired) electrons.